The molecule has 1 aromatic heterocycles. The smallest absolute Gasteiger partial charge is 0.237 e. The number of fused-ring (bicyclic) bond motifs is 1. The molecule has 1 aliphatic heterocycles. The van der Waals surface area contributed by atoms with Gasteiger partial charge in [0.15, 0.2) is 0 Å². The quantitative estimate of drug-likeness (QED) is 0.531. The van der Waals surface area contributed by atoms with Crippen LogP contribution in [0.25, 0.3) is 0 Å². The first-order valence-corrected chi connectivity index (χ1v) is 12.6. The molecule has 2 aromatic carbocycles. The summed E-state index contributed by atoms with van der Waals surface area (Å²) in [7, 11) is 4.11. The van der Waals surface area contributed by atoms with Crippen molar-refractivity contribution in [2.45, 2.75) is 50.5 Å². The molecule has 1 aliphatic carbocycles. The van der Waals surface area contributed by atoms with Crippen molar-refractivity contribution in [2.24, 2.45) is 0 Å². The van der Waals surface area contributed by atoms with Crippen LogP contribution in [-0.2, 0) is 30.7 Å². The Bertz CT molecular complexity index is 1110. The molecule has 2 atom stereocenters. The molecule has 5 rings (SSSR count). The predicted octanol–water partition coefficient (Wildman–Crippen LogP) is 3.16. The molecular weight excluding hydrogens is 434 g/mol. The van der Waals surface area contributed by atoms with Crippen molar-refractivity contribution in [2.75, 3.05) is 25.5 Å². The van der Waals surface area contributed by atoms with Gasteiger partial charge in [-0.05, 0) is 59.7 Å². The third kappa shape index (κ3) is 5.55. The van der Waals surface area contributed by atoms with Crippen molar-refractivity contribution >= 4 is 11.6 Å². The number of likely N-dealkylation sites (tertiary alicyclic amines) is 1. The number of hydrogen-bond acceptors (Lipinski definition) is 5. The second-order valence-electron chi connectivity index (χ2n) is 10.00. The van der Waals surface area contributed by atoms with Gasteiger partial charge in [0, 0.05) is 63.9 Å². The van der Waals surface area contributed by atoms with Crippen molar-refractivity contribution in [1.82, 2.24) is 20.5 Å². The number of hydrogen-bond donors (Lipinski definition) is 2. The van der Waals surface area contributed by atoms with Gasteiger partial charge in [0.05, 0.1) is 6.04 Å². The number of anilines is 1. The zero-order valence-electron chi connectivity index (χ0n) is 20.7. The Morgan fingerprint density at radius 3 is 2.37 bits per heavy atom. The van der Waals surface area contributed by atoms with Gasteiger partial charge in [0.25, 0.3) is 0 Å². The second-order valence-corrected chi connectivity index (χ2v) is 10.00. The summed E-state index contributed by atoms with van der Waals surface area (Å²) in [4.78, 5) is 22.1. The molecule has 182 valence electrons. The molecule has 0 spiro atoms. The highest BCUT2D eigenvalue weighted by Crippen LogP contribution is 2.31. The van der Waals surface area contributed by atoms with Crippen LogP contribution in [0.1, 0.15) is 28.7 Å². The fourth-order valence-corrected chi connectivity index (χ4v) is 5.42. The first-order valence-electron chi connectivity index (χ1n) is 12.6. The van der Waals surface area contributed by atoms with E-state index in [2.05, 4.69) is 88.0 Å². The lowest BCUT2D eigenvalue weighted by Crippen LogP contribution is -2.48. The van der Waals surface area contributed by atoms with Gasteiger partial charge in [-0.25, -0.2) is 0 Å². The van der Waals surface area contributed by atoms with Gasteiger partial charge in [-0.1, -0.05) is 42.5 Å². The van der Waals surface area contributed by atoms with Crippen LogP contribution in [0.2, 0.25) is 0 Å². The molecule has 1 amide bonds. The maximum Gasteiger partial charge on any atom is 0.237 e. The van der Waals surface area contributed by atoms with E-state index in [1.54, 1.807) is 6.20 Å². The molecule has 6 nitrogen and oxygen atoms in total. The molecule has 0 unspecified atom stereocenters. The summed E-state index contributed by atoms with van der Waals surface area (Å²) in [6.45, 7) is 2.21. The third-order valence-electron chi connectivity index (χ3n) is 7.38. The normalized spacial score (nSPS) is 20.1. The summed E-state index contributed by atoms with van der Waals surface area (Å²) in [6.07, 6.45) is 6.42. The number of pyridine rings is 1. The highest BCUT2D eigenvalue weighted by Gasteiger charge is 2.41. The summed E-state index contributed by atoms with van der Waals surface area (Å²) >= 11 is 0. The fraction of sp³-hybridized carbons (Fsp3) is 0.379. The largest absolute Gasteiger partial charge is 0.378 e. The number of benzene rings is 2. The van der Waals surface area contributed by atoms with Crippen molar-refractivity contribution in [3.05, 3.63) is 95.3 Å². The summed E-state index contributed by atoms with van der Waals surface area (Å²) in [6, 6.07) is 21.8. The van der Waals surface area contributed by atoms with E-state index in [0.717, 1.165) is 37.9 Å². The maximum absolute atomic E-state index is 13.4. The van der Waals surface area contributed by atoms with Crippen LogP contribution in [-0.4, -0.2) is 54.6 Å². The summed E-state index contributed by atoms with van der Waals surface area (Å²) < 4.78 is 0. The van der Waals surface area contributed by atoms with Crippen molar-refractivity contribution < 1.29 is 4.79 Å². The van der Waals surface area contributed by atoms with Gasteiger partial charge < -0.3 is 15.5 Å². The first-order chi connectivity index (χ1) is 17.1. The molecular formula is C29H35N5O. The number of nitrogens with zero attached hydrogens (tertiary/aromatic N) is 3. The minimum absolute atomic E-state index is 0.115. The summed E-state index contributed by atoms with van der Waals surface area (Å²) in [5.41, 5.74) is 6.33. The van der Waals surface area contributed by atoms with Crippen molar-refractivity contribution in [3.8, 4) is 0 Å². The van der Waals surface area contributed by atoms with E-state index < -0.39 is 0 Å². The van der Waals surface area contributed by atoms with E-state index in [4.69, 9.17) is 0 Å². The Kier molecular flexibility index (Phi) is 7.11. The third-order valence-corrected chi connectivity index (χ3v) is 7.38. The molecule has 2 aliphatic rings. The van der Waals surface area contributed by atoms with Crippen LogP contribution in [0, 0.1) is 0 Å². The Morgan fingerprint density at radius 1 is 0.971 bits per heavy atom. The second kappa shape index (κ2) is 10.6. The van der Waals surface area contributed by atoms with E-state index in [9.17, 15) is 4.79 Å². The average molecular weight is 470 g/mol. The molecule has 6 heteroatoms. The molecule has 1 saturated heterocycles. The topological polar surface area (TPSA) is 60.5 Å². The predicted molar refractivity (Wildman–Crippen MR) is 140 cm³/mol. The Hall–Kier alpha value is -3.22. The minimum atomic E-state index is -0.125. The van der Waals surface area contributed by atoms with Crippen LogP contribution in [0.5, 0.6) is 0 Å². The minimum Gasteiger partial charge on any atom is -0.378 e. The van der Waals surface area contributed by atoms with Crippen LogP contribution < -0.4 is 15.5 Å². The van der Waals surface area contributed by atoms with Crippen LogP contribution in [0.3, 0.4) is 0 Å². The lowest BCUT2D eigenvalue weighted by atomic mass is 10.1. The number of nitrogens with one attached hydrogen (secondary N) is 2. The highest BCUT2D eigenvalue weighted by atomic mass is 16.2. The Labute approximate surface area is 208 Å². The van der Waals surface area contributed by atoms with E-state index >= 15 is 0 Å². The molecule has 35 heavy (non-hydrogen) atoms. The summed E-state index contributed by atoms with van der Waals surface area (Å²) in [5.74, 6) is 0.115. The average Bonchev–Trinajstić information content (AvgIpc) is 3.51. The molecule has 2 heterocycles. The van der Waals surface area contributed by atoms with E-state index in [1.807, 2.05) is 18.3 Å². The molecule has 2 N–H and O–H groups in total. The van der Waals surface area contributed by atoms with E-state index in [-0.39, 0.29) is 18.0 Å². The van der Waals surface area contributed by atoms with Crippen LogP contribution in [0.4, 0.5) is 5.69 Å². The SMILES string of the molecule is CN(C)c1ccc(CN[C@H]2C[C@@H](C(=O)NCc3cccnc3)N(C3Cc4ccccc4C3)C2)cc1. The van der Waals surface area contributed by atoms with Crippen molar-refractivity contribution in [3.63, 3.8) is 0 Å². The van der Waals surface area contributed by atoms with Gasteiger partial charge in [-0.3, -0.25) is 14.7 Å². The van der Waals surface area contributed by atoms with E-state index in [1.165, 1.54) is 22.4 Å². The van der Waals surface area contributed by atoms with Crippen LogP contribution in [0.15, 0.2) is 73.1 Å². The Morgan fingerprint density at radius 2 is 1.71 bits per heavy atom. The number of amides is 1. The van der Waals surface area contributed by atoms with Gasteiger partial charge in [0.2, 0.25) is 5.91 Å². The zero-order chi connectivity index (χ0) is 24.2. The van der Waals surface area contributed by atoms with Crippen LogP contribution >= 0.6 is 0 Å². The van der Waals surface area contributed by atoms with Gasteiger partial charge in [-0.15, -0.1) is 0 Å². The van der Waals surface area contributed by atoms with E-state index in [0.29, 0.717) is 12.6 Å². The number of rotatable bonds is 8. The number of carbonyl (C=O) groups is 1. The molecule has 1 fully saturated rings. The monoisotopic (exact) mass is 469 g/mol. The van der Waals surface area contributed by atoms with Gasteiger partial charge in [0.1, 0.15) is 0 Å². The lowest BCUT2D eigenvalue weighted by molar-refractivity contribution is -0.126. The summed E-state index contributed by atoms with van der Waals surface area (Å²) in [5, 5.41) is 6.91. The standard InChI is InChI=1S/C29H35N5O/c1-33(2)26-11-9-21(10-12-26)18-31-25-16-28(29(35)32-19-22-6-5-13-30-17-22)34(20-25)27-14-23-7-3-4-8-24(23)15-27/h3-13,17,25,27-28,31H,14-16,18-20H2,1-2H3,(H,32,35)/t25-,28-/m0/s1. The molecule has 0 saturated carbocycles. The molecule has 3 aromatic rings. The molecule has 0 radical (unpaired) electrons. The number of aromatic nitrogens is 1. The Balaban J connectivity index is 1.25. The first kappa shape index (κ1) is 23.5. The van der Waals surface area contributed by atoms with Crippen molar-refractivity contribution in [1.29, 1.82) is 0 Å². The van der Waals surface area contributed by atoms with Gasteiger partial charge >= 0.3 is 0 Å². The number of carbonyl (C=O) groups excluding carboxylic acids is 1. The highest BCUT2D eigenvalue weighted by molar-refractivity contribution is 5.82. The van der Waals surface area contributed by atoms with Gasteiger partial charge in [-0.2, -0.15) is 0 Å². The maximum atomic E-state index is 13.4. The molecule has 0 bridgehead atoms. The lowest BCUT2D eigenvalue weighted by Gasteiger charge is -2.29. The zero-order valence-corrected chi connectivity index (χ0v) is 20.7. The fourth-order valence-electron chi connectivity index (χ4n) is 5.42.